The second kappa shape index (κ2) is 20.3. The molecule has 7 rings (SSSR count). The first-order chi connectivity index (χ1) is 31.1. The van der Waals surface area contributed by atoms with Crippen molar-refractivity contribution in [3.05, 3.63) is 11.6 Å². The Morgan fingerprint density at radius 1 is 0.773 bits per heavy atom. The monoisotopic (exact) mass is 939 g/mol. The van der Waals surface area contributed by atoms with Crippen LogP contribution in [-0.2, 0) is 66.5 Å². The van der Waals surface area contributed by atoms with Crippen molar-refractivity contribution in [1.29, 1.82) is 0 Å². The van der Waals surface area contributed by atoms with Gasteiger partial charge in [0.2, 0.25) is 0 Å². The largest absolute Gasteiger partial charge is 0.458 e. The molecule has 0 aromatic heterocycles. The van der Waals surface area contributed by atoms with Gasteiger partial charge in [-0.2, -0.15) is 0 Å². The molecule has 376 valence electrons. The lowest BCUT2D eigenvalue weighted by molar-refractivity contribution is -0.352. The lowest BCUT2D eigenvalue weighted by Gasteiger charge is -2.64. The molecule has 3 aliphatic heterocycles. The van der Waals surface area contributed by atoms with E-state index in [0.29, 0.717) is 51.4 Å². The number of carbonyl (C=O) groups excluding carboxylic acids is 3. The van der Waals surface area contributed by atoms with E-state index in [1.807, 2.05) is 34.6 Å². The fourth-order valence-electron chi connectivity index (χ4n) is 13.4. The fourth-order valence-corrected chi connectivity index (χ4v) is 13.4. The second-order valence-corrected chi connectivity index (χ2v) is 21.2. The minimum atomic E-state index is -1.35. The van der Waals surface area contributed by atoms with Crippen LogP contribution in [0.3, 0.4) is 0 Å². The smallest absolute Gasteiger partial charge is 0.306 e. The zero-order chi connectivity index (χ0) is 48.2. The summed E-state index contributed by atoms with van der Waals surface area (Å²) in [6.07, 6.45) is -4.93. The molecule has 0 amide bonds. The number of methoxy groups -OCH3 is 3. The third kappa shape index (κ3) is 9.44. The van der Waals surface area contributed by atoms with E-state index in [1.165, 1.54) is 21.0 Å². The van der Waals surface area contributed by atoms with Gasteiger partial charge in [-0.15, -0.1) is 0 Å². The lowest BCUT2D eigenvalue weighted by Crippen LogP contribution is -2.72. The Labute approximate surface area is 390 Å². The number of esters is 2. The second-order valence-electron chi connectivity index (χ2n) is 21.2. The number of aliphatic hydroxyl groups excluding tert-OH is 2. The Kier molecular flexibility index (Phi) is 15.9. The number of aliphatic hydroxyl groups is 3. The lowest BCUT2D eigenvalue weighted by atomic mass is 9.44. The Hall–Kier alpha value is -2.13. The van der Waals surface area contributed by atoms with Crippen molar-refractivity contribution in [2.75, 3.05) is 21.3 Å². The van der Waals surface area contributed by atoms with Gasteiger partial charge >= 0.3 is 11.9 Å². The first-order valence-electron chi connectivity index (χ1n) is 24.3. The Morgan fingerprint density at radius 2 is 1.39 bits per heavy atom. The van der Waals surface area contributed by atoms with E-state index in [-0.39, 0.29) is 36.1 Å². The van der Waals surface area contributed by atoms with Crippen molar-refractivity contribution >= 4 is 17.7 Å². The third-order valence-corrected chi connectivity index (χ3v) is 16.8. The fraction of sp³-hybridized carbons (Fsp3) is 0.898. The summed E-state index contributed by atoms with van der Waals surface area (Å²) in [5.74, 6) is -2.31. The Bertz CT molecular complexity index is 1760. The topological polar surface area (TPSA) is 213 Å². The molecule has 3 saturated heterocycles. The molecule has 0 unspecified atom stereocenters. The summed E-state index contributed by atoms with van der Waals surface area (Å²) in [6.45, 7) is 16.2. The number of hydrogen-bond acceptors (Lipinski definition) is 17. The van der Waals surface area contributed by atoms with E-state index < -0.39 is 126 Å². The maximum atomic E-state index is 13.5. The van der Waals surface area contributed by atoms with Crippen LogP contribution < -0.4 is 0 Å². The molecule has 17 nitrogen and oxygen atoms in total. The van der Waals surface area contributed by atoms with Gasteiger partial charge in [-0.1, -0.05) is 39.3 Å². The van der Waals surface area contributed by atoms with E-state index in [4.69, 9.17) is 52.1 Å². The first kappa shape index (κ1) is 51.7. The van der Waals surface area contributed by atoms with Crippen molar-refractivity contribution in [2.45, 2.75) is 224 Å². The van der Waals surface area contributed by atoms with E-state index in [9.17, 15) is 29.7 Å². The maximum Gasteiger partial charge on any atom is 0.306 e. The van der Waals surface area contributed by atoms with E-state index in [2.05, 4.69) is 13.0 Å². The Morgan fingerprint density at radius 3 is 1.97 bits per heavy atom. The van der Waals surface area contributed by atoms with E-state index in [0.717, 1.165) is 5.57 Å². The van der Waals surface area contributed by atoms with Gasteiger partial charge in [0.1, 0.15) is 48.5 Å². The highest BCUT2D eigenvalue weighted by Gasteiger charge is 2.75. The van der Waals surface area contributed by atoms with Crippen molar-refractivity contribution in [3.63, 3.8) is 0 Å². The molecule has 4 aliphatic carbocycles. The predicted molar refractivity (Wildman–Crippen MR) is 234 cm³/mol. The highest BCUT2D eigenvalue weighted by Crippen LogP contribution is 2.69. The van der Waals surface area contributed by atoms with Gasteiger partial charge in [0.15, 0.2) is 18.9 Å². The summed E-state index contributed by atoms with van der Waals surface area (Å²) in [6, 6.07) is 0. The van der Waals surface area contributed by atoms with Gasteiger partial charge < -0.3 is 67.4 Å². The average Bonchev–Trinajstić information content (AvgIpc) is 3.53. The number of Topliss-reactive ketones (excluding diaryl/α,β-unsaturated/α-hetero) is 1. The standard InChI is InChI=1S/C49H78O17/c1-23(2)19-35(52)64-45-43(62-28(7)51)38-32(49(55)18-16-31(24(3)50)48(45,49)9)14-13-29-20-30(15-17-47(29,38)8)63-36-21-33(56-10)41(26(5)59-36)65-37-22-34(57-11)42(27(6)60-37)66-46-40(54)44(58-12)39(53)25(4)61-46/h13,23,25-27,30-34,36-46,53-55H,14-22H2,1-12H3/t25-,26+,27+,30+,31+,32+,33+,34+,36-,37+,38-,39+,40-,41+,42+,43+,44+,45-,46-,47+,48+,49+/m1/s1. The maximum absolute atomic E-state index is 13.5. The molecular weight excluding hydrogens is 861 g/mol. The van der Waals surface area contributed by atoms with Crippen molar-refractivity contribution in [1.82, 2.24) is 0 Å². The van der Waals surface area contributed by atoms with Gasteiger partial charge in [-0.25, -0.2) is 0 Å². The molecule has 0 bridgehead atoms. The molecule has 17 heteroatoms. The Balaban J connectivity index is 1.02. The number of fused-ring (bicyclic) bond motifs is 5. The molecule has 6 fully saturated rings. The van der Waals surface area contributed by atoms with Gasteiger partial charge in [0.05, 0.1) is 42.2 Å². The highest BCUT2D eigenvalue weighted by molar-refractivity contribution is 5.80. The van der Waals surface area contributed by atoms with Crippen LogP contribution in [0.5, 0.6) is 0 Å². The van der Waals surface area contributed by atoms with E-state index >= 15 is 0 Å². The van der Waals surface area contributed by atoms with Gasteiger partial charge in [-0.05, 0) is 83.5 Å². The zero-order valence-electron chi connectivity index (χ0n) is 41.0. The van der Waals surface area contributed by atoms with Crippen LogP contribution in [0.15, 0.2) is 11.6 Å². The minimum Gasteiger partial charge on any atom is -0.458 e. The molecule has 22 atom stereocenters. The molecular formula is C49H78O17. The van der Waals surface area contributed by atoms with Crippen LogP contribution in [0.2, 0.25) is 0 Å². The SMILES string of the molecule is CO[C@H]1[C@@H](O)[C@@H](C)O[C@H](O[C@H]2[C@H](C)O[C@@H](O[C@H]3[C@H](C)O[C@H](O[C@H]4CC[C@@]5(C)C(=CC[C@H]6[C@@H]5[C@H](OC(C)=O)[C@@H](OC(=O)CC(C)C)[C@]5(C)[C@H](C(C)=O)CC[C@]65O)C4)C[C@@H]3OC)C[C@@H]2OC)[C@@H]1O. The number of ketones is 1. The van der Waals surface area contributed by atoms with Gasteiger partial charge in [0.25, 0.3) is 0 Å². The highest BCUT2D eigenvalue weighted by atomic mass is 16.8. The molecule has 0 radical (unpaired) electrons. The molecule has 7 aliphatic rings. The van der Waals surface area contributed by atoms with Crippen LogP contribution in [0.25, 0.3) is 0 Å². The summed E-state index contributed by atoms with van der Waals surface area (Å²) in [4.78, 5) is 39.8. The van der Waals surface area contributed by atoms with Crippen LogP contribution in [0, 0.1) is 34.5 Å². The number of carbonyl (C=O) groups is 3. The van der Waals surface area contributed by atoms with Crippen molar-refractivity contribution in [2.24, 2.45) is 34.5 Å². The van der Waals surface area contributed by atoms with Crippen LogP contribution >= 0.6 is 0 Å². The molecule has 3 saturated carbocycles. The summed E-state index contributed by atoms with van der Waals surface area (Å²) in [5, 5.41) is 34.4. The van der Waals surface area contributed by atoms with Crippen LogP contribution in [-0.4, -0.2) is 158 Å². The summed E-state index contributed by atoms with van der Waals surface area (Å²) in [5.41, 5.74) is -1.91. The molecule has 3 N–H and O–H groups in total. The third-order valence-electron chi connectivity index (χ3n) is 16.8. The molecule has 0 spiro atoms. The number of rotatable bonds is 14. The van der Waals surface area contributed by atoms with Crippen molar-refractivity contribution < 1.29 is 81.8 Å². The van der Waals surface area contributed by atoms with Crippen molar-refractivity contribution in [3.8, 4) is 0 Å². The number of hydrogen-bond donors (Lipinski definition) is 3. The number of allylic oxidation sites excluding steroid dienone is 1. The quantitative estimate of drug-likeness (QED) is 0.163. The minimum absolute atomic E-state index is 0.0185. The zero-order valence-corrected chi connectivity index (χ0v) is 41.0. The summed E-state index contributed by atoms with van der Waals surface area (Å²) >= 11 is 0. The molecule has 0 aromatic carbocycles. The first-order valence-corrected chi connectivity index (χ1v) is 24.3. The summed E-state index contributed by atoms with van der Waals surface area (Å²) in [7, 11) is 4.63. The average molecular weight is 939 g/mol. The van der Waals surface area contributed by atoms with Crippen LogP contribution in [0.4, 0.5) is 0 Å². The normalized spacial score (nSPS) is 48.1. The molecule has 0 aromatic rings. The van der Waals surface area contributed by atoms with Crippen LogP contribution in [0.1, 0.15) is 120 Å². The number of ether oxygens (including phenoxy) is 11. The van der Waals surface area contributed by atoms with Gasteiger partial charge in [0, 0.05) is 64.8 Å². The van der Waals surface area contributed by atoms with Gasteiger partial charge in [-0.3, -0.25) is 14.4 Å². The summed E-state index contributed by atoms with van der Waals surface area (Å²) < 4.78 is 68.2. The van der Waals surface area contributed by atoms with E-state index in [1.54, 1.807) is 21.1 Å². The molecule has 66 heavy (non-hydrogen) atoms. The molecule has 3 heterocycles. The predicted octanol–water partition coefficient (Wildman–Crippen LogP) is 4.32.